The second kappa shape index (κ2) is 13.6. The van der Waals surface area contributed by atoms with Crippen molar-refractivity contribution in [3.8, 4) is 22.6 Å². The van der Waals surface area contributed by atoms with Crippen LogP contribution in [-0.2, 0) is 16.0 Å². The highest BCUT2D eigenvalue weighted by molar-refractivity contribution is 7.15. The van der Waals surface area contributed by atoms with E-state index in [-0.39, 0.29) is 30.3 Å². The van der Waals surface area contributed by atoms with E-state index < -0.39 is 5.97 Å². The monoisotopic (exact) mass is 513 g/mol. The number of rotatable bonds is 13. The third-order valence-electron chi connectivity index (χ3n) is 5.38. The molecule has 0 aliphatic heterocycles. The van der Waals surface area contributed by atoms with Gasteiger partial charge in [-0.1, -0.05) is 31.5 Å². The summed E-state index contributed by atoms with van der Waals surface area (Å²) in [5, 5.41) is 5.03. The topological polar surface area (TPSA) is 73.9 Å². The van der Waals surface area contributed by atoms with E-state index >= 15 is 0 Å². The fourth-order valence-corrected chi connectivity index (χ4v) is 4.54. The molecule has 1 N–H and O–H groups in total. The van der Waals surface area contributed by atoms with Crippen LogP contribution in [0.15, 0.2) is 47.8 Å². The van der Waals surface area contributed by atoms with E-state index in [4.69, 9.17) is 14.2 Å². The smallest absolute Gasteiger partial charge is 0.341 e. The lowest BCUT2D eigenvalue weighted by Crippen LogP contribution is -2.15. The quantitative estimate of drug-likeness (QED) is 0.199. The molecule has 0 spiro atoms. The summed E-state index contributed by atoms with van der Waals surface area (Å²) in [6.45, 7) is 7.08. The Hall–Kier alpha value is -3.39. The normalized spacial score (nSPS) is 10.7. The maximum atomic E-state index is 13.4. The van der Waals surface area contributed by atoms with Crippen molar-refractivity contribution in [3.63, 3.8) is 0 Å². The number of ether oxygens (including phenoxy) is 3. The number of nitrogens with one attached hydrogen (secondary N) is 1. The Bertz CT molecular complexity index is 1160. The summed E-state index contributed by atoms with van der Waals surface area (Å²) in [5.41, 5.74) is 2.48. The molecule has 6 nitrogen and oxygen atoms in total. The summed E-state index contributed by atoms with van der Waals surface area (Å²) in [6, 6.07) is 11.6. The van der Waals surface area contributed by atoms with Crippen LogP contribution in [0.1, 0.15) is 56.0 Å². The number of unbranched alkanes of at least 4 members (excludes halogenated alkanes) is 1. The molecule has 0 atom stereocenters. The summed E-state index contributed by atoms with van der Waals surface area (Å²) in [6.07, 6.45) is 2.72. The van der Waals surface area contributed by atoms with E-state index in [1.807, 2.05) is 25.1 Å². The molecule has 0 unspecified atom stereocenters. The van der Waals surface area contributed by atoms with Crippen LogP contribution in [-0.4, -0.2) is 31.7 Å². The standard InChI is InChI=1S/C28H32FNO5S/c1-4-7-16-35-23-14-8-19(17-24(23)33-5-2)9-15-25(31)30-27-26(28(32)34-6-3)22(18-36-27)20-10-12-21(29)13-11-20/h8,10-14,17-18H,4-7,9,15-16H2,1-3H3,(H,30,31). The minimum atomic E-state index is -0.534. The van der Waals surface area contributed by atoms with Gasteiger partial charge >= 0.3 is 5.97 Å². The lowest BCUT2D eigenvalue weighted by molar-refractivity contribution is -0.116. The third-order valence-corrected chi connectivity index (χ3v) is 6.28. The number of esters is 1. The molecule has 0 radical (unpaired) electrons. The minimum absolute atomic E-state index is 0.200. The number of halogens is 1. The number of thiophene rings is 1. The van der Waals surface area contributed by atoms with Crippen LogP contribution in [0.2, 0.25) is 0 Å². The fraction of sp³-hybridized carbons (Fsp3) is 0.357. The lowest BCUT2D eigenvalue weighted by atomic mass is 10.0. The maximum absolute atomic E-state index is 13.4. The van der Waals surface area contributed by atoms with Gasteiger partial charge in [0.25, 0.3) is 0 Å². The Balaban J connectivity index is 1.71. The molecule has 0 saturated heterocycles. The third kappa shape index (κ3) is 7.31. The van der Waals surface area contributed by atoms with Crippen LogP contribution in [0.4, 0.5) is 9.39 Å². The minimum Gasteiger partial charge on any atom is -0.490 e. The van der Waals surface area contributed by atoms with Crippen LogP contribution in [0.25, 0.3) is 11.1 Å². The Labute approximate surface area is 215 Å². The van der Waals surface area contributed by atoms with Crippen LogP contribution in [0.5, 0.6) is 11.5 Å². The summed E-state index contributed by atoms with van der Waals surface area (Å²) in [4.78, 5) is 25.5. The number of hydrogen-bond acceptors (Lipinski definition) is 6. The average molecular weight is 514 g/mol. The Morgan fingerprint density at radius 2 is 1.75 bits per heavy atom. The number of anilines is 1. The molecular formula is C28H32FNO5S. The highest BCUT2D eigenvalue weighted by Crippen LogP contribution is 2.36. The summed E-state index contributed by atoms with van der Waals surface area (Å²) in [5.74, 6) is 0.235. The van der Waals surface area contributed by atoms with Gasteiger partial charge in [0.05, 0.1) is 19.8 Å². The summed E-state index contributed by atoms with van der Waals surface area (Å²) < 4.78 is 30.2. The van der Waals surface area contributed by atoms with Crippen molar-refractivity contribution in [3.05, 3.63) is 64.8 Å². The molecular weight excluding hydrogens is 481 g/mol. The number of carbonyl (C=O) groups is 2. The molecule has 8 heteroatoms. The highest BCUT2D eigenvalue weighted by atomic mass is 32.1. The zero-order valence-corrected chi connectivity index (χ0v) is 21.7. The van der Waals surface area contributed by atoms with Crippen molar-refractivity contribution in [2.75, 3.05) is 25.1 Å². The average Bonchev–Trinajstić information content (AvgIpc) is 3.28. The molecule has 1 amide bonds. The van der Waals surface area contributed by atoms with Crippen molar-refractivity contribution in [2.24, 2.45) is 0 Å². The number of benzene rings is 2. The van der Waals surface area contributed by atoms with Crippen molar-refractivity contribution in [2.45, 2.75) is 46.5 Å². The Kier molecular flexibility index (Phi) is 10.3. The molecule has 0 fully saturated rings. The number of carbonyl (C=O) groups excluding carboxylic acids is 2. The van der Waals surface area contributed by atoms with Crippen molar-refractivity contribution in [1.29, 1.82) is 0 Å². The largest absolute Gasteiger partial charge is 0.490 e. The van der Waals surface area contributed by atoms with E-state index in [0.29, 0.717) is 47.3 Å². The summed E-state index contributed by atoms with van der Waals surface area (Å²) in [7, 11) is 0. The number of aryl methyl sites for hydroxylation is 1. The van der Waals surface area contributed by atoms with Gasteiger partial charge in [0, 0.05) is 17.4 Å². The van der Waals surface area contributed by atoms with Gasteiger partial charge in [0.1, 0.15) is 16.4 Å². The molecule has 3 aromatic rings. The highest BCUT2D eigenvalue weighted by Gasteiger charge is 2.23. The predicted octanol–water partition coefficient (Wildman–Crippen LogP) is 6.88. The van der Waals surface area contributed by atoms with Crippen molar-refractivity contribution in [1.82, 2.24) is 0 Å². The zero-order valence-electron chi connectivity index (χ0n) is 20.9. The zero-order chi connectivity index (χ0) is 25.9. The molecule has 36 heavy (non-hydrogen) atoms. The van der Waals surface area contributed by atoms with Gasteiger partial charge in [-0.25, -0.2) is 9.18 Å². The van der Waals surface area contributed by atoms with E-state index in [9.17, 15) is 14.0 Å². The first-order valence-corrected chi connectivity index (χ1v) is 13.1. The molecule has 0 aliphatic carbocycles. The fourth-order valence-electron chi connectivity index (χ4n) is 3.57. The molecule has 0 bridgehead atoms. The molecule has 3 rings (SSSR count). The van der Waals surface area contributed by atoms with Crippen LogP contribution in [0, 0.1) is 5.82 Å². The second-order valence-corrected chi connectivity index (χ2v) is 8.92. The second-order valence-electron chi connectivity index (χ2n) is 8.05. The van der Waals surface area contributed by atoms with Crippen LogP contribution >= 0.6 is 11.3 Å². The summed E-state index contributed by atoms with van der Waals surface area (Å²) >= 11 is 1.24. The van der Waals surface area contributed by atoms with E-state index in [1.54, 1.807) is 24.4 Å². The van der Waals surface area contributed by atoms with Crippen molar-refractivity contribution < 1.29 is 28.2 Å². The van der Waals surface area contributed by atoms with Crippen LogP contribution in [0.3, 0.4) is 0 Å². The van der Waals surface area contributed by atoms with Gasteiger partial charge < -0.3 is 19.5 Å². The molecule has 1 heterocycles. The maximum Gasteiger partial charge on any atom is 0.341 e. The molecule has 0 aliphatic rings. The van der Waals surface area contributed by atoms with Gasteiger partial charge in [0.2, 0.25) is 5.91 Å². The molecule has 2 aromatic carbocycles. The molecule has 0 saturated carbocycles. The molecule has 192 valence electrons. The first-order chi connectivity index (χ1) is 17.5. The van der Waals surface area contributed by atoms with Crippen LogP contribution < -0.4 is 14.8 Å². The first kappa shape index (κ1) is 27.2. The first-order valence-electron chi connectivity index (χ1n) is 12.2. The number of hydrogen-bond donors (Lipinski definition) is 1. The molecule has 1 aromatic heterocycles. The van der Waals surface area contributed by atoms with Gasteiger partial charge in [0.15, 0.2) is 11.5 Å². The van der Waals surface area contributed by atoms with Crippen molar-refractivity contribution >= 4 is 28.2 Å². The lowest BCUT2D eigenvalue weighted by Gasteiger charge is -2.13. The van der Waals surface area contributed by atoms with Gasteiger partial charge in [-0.3, -0.25) is 4.79 Å². The number of amides is 1. The van der Waals surface area contributed by atoms with Gasteiger partial charge in [-0.15, -0.1) is 11.3 Å². The van der Waals surface area contributed by atoms with Gasteiger partial charge in [-0.05, 0) is 62.1 Å². The van der Waals surface area contributed by atoms with E-state index in [0.717, 1.165) is 18.4 Å². The predicted molar refractivity (Wildman–Crippen MR) is 141 cm³/mol. The Morgan fingerprint density at radius 1 is 0.972 bits per heavy atom. The Morgan fingerprint density at radius 3 is 2.44 bits per heavy atom. The van der Waals surface area contributed by atoms with Gasteiger partial charge in [-0.2, -0.15) is 0 Å². The SMILES string of the molecule is CCCCOc1ccc(CCC(=O)Nc2scc(-c3ccc(F)cc3)c2C(=O)OCC)cc1OCC. The van der Waals surface area contributed by atoms with E-state index in [2.05, 4.69) is 12.2 Å². The van der Waals surface area contributed by atoms with E-state index in [1.165, 1.54) is 23.5 Å².